The number of esters is 2. The predicted molar refractivity (Wildman–Crippen MR) is 353 cm³/mol. The second kappa shape index (κ2) is 63.0. The lowest BCUT2D eigenvalue weighted by Crippen LogP contribution is -2.37. The van der Waals surface area contributed by atoms with Crippen LogP contribution in [-0.4, -0.2) is 74.9 Å². The Hall–Kier alpha value is -2.55. The van der Waals surface area contributed by atoms with Crippen LogP contribution in [0.4, 0.5) is 0 Å². The van der Waals surface area contributed by atoms with Crippen LogP contribution in [0.2, 0.25) is 0 Å². The van der Waals surface area contributed by atoms with Crippen molar-refractivity contribution in [1.29, 1.82) is 0 Å². The third kappa shape index (κ3) is 66.6. The van der Waals surface area contributed by atoms with Gasteiger partial charge in [-0.2, -0.15) is 0 Å². The maximum absolute atomic E-state index is 12.9. The van der Waals surface area contributed by atoms with Crippen molar-refractivity contribution in [3.8, 4) is 0 Å². The molecule has 0 aromatic rings. The van der Waals surface area contributed by atoms with Gasteiger partial charge in [0, 0.05) is 12.8 Å². The third-order valence-electron chi connectivity index (χ3n) is 15.2. The molecular formula is C72H133NO8P+. The Kier molecular flexibility index (Phi) is 61.0. The average molecular weight is 1170 g/mol. The maximum atomic E-state index is 12.9. The molecule has 0 aliphatic rings. The van der Waals surface area contributed by atoms with E-state index in [4.69, 9.17) is 18.5 Å². The van der Waals surface area contributed by atoms with Crippen LogP contribution in [0.5, 0.6) is 0 Å². The number of hydrogen-bond acceptors (Lipinski definition) is 7. The normalized spacial score (nSPS) is 13.6. The number of carbonyl (C=O) groups excluding carboxylic acids is 2. The number of allylic oxidation sites excluding steroid dienone is 12. The molecule has 82 heavy (non-hydrogen) atoms. The van der Waals surface area contributed by atoms with E-state index in [-0.39, 0.29) is 25.6 Å². The Morgan fingerprint density at radius 2 is 0.695 bits per heavy atom. The molecule has 9 nitrogen and oxygen atoms in total. The largest absolute Gasteiger partial charge is 0.472 e. The molecule has 0 amide bonds. The minimum absolute atomic E-state index is 0.0308. The highest BCUT2D eigenvalue weighted by molar-refractivity contribution is 7.47. The topological polar surface area (TPSA) is 108 Å². The van der Waals surface area contributed by atoms with E-state index in [1.807, 2.05) is 21.1 Å². The predicted octanol–water partition coefficient (Wildman–Crippen LogP) is 22.4. The van der Waals surface area contributed by atoms with E-state index in [1.165, 1.54) is 218 Å². The van der Waals surface area contributed by atoms with Gasteiger partial charge in [-0.05, 0) is 83.5 Å². The zero-order valence-electron chi connectivity index (χ0n) is 54.5. The van der Waals surface area contributed by atoms with E-state index in [9.17, 15) is 19.0 Å². The van der Waals surface area contributed by atoms with Crippen molar-refractivity contribution in [3.63, 3.8) is 0 Å². The van der Waals surface area contributed by atoms with Crippen LogP contribution in [0.1, 0.15) is 322 Å². The zero-order valence-corrected chi connectivity index (χ0v) is 55.4. The van der Waals surface area contributed by atoms with Crippen LogP contribution < -0.4 is 0 Å². The molecule has 478 valence electrons. The summed E-state index contributed by atoms with van der Waals surface area (Å²) in [7, 11) is 1.48. The standard InChI is InChI=1S/C72H132NO8P/c1-6-8-10-12-14-16-18-20-22-24-26-28-30-32-33-34-35-36-37-38-39-41-42-44-46-48-50-52-54-56-58-60-62-64-71(74)78-68-70(69-80-82(76,77)79-67-66-73(3,4)5)81-72(75)65-63-61-59-57-55-53-51-49-47-45-43-40-31-29-27-25-23-21-19-17-15-13-11-9-7-2/h9,11,15,17-18,20-21,23-24,26-27,29,70H,6-8,10,12-14,16,19,22,25,28,30-69H2,1-5H3/p+1/b11-9-,17-15-,20-18-,23-21-,26-24-,29-27-. The van der Waals surface area contributed by atoms with Gasteiger partial charge in [-0.15, -0.1) is 0 Å². The number of quaternary nitrogens is 1. The highest BCUT2D eigenvalue weighted by atomic mass is 31.2. The molecule has 10 heteroatoms. The molecule has 0 aromatic carbocycles. The van der Waals surface area contributed by atoms with E-state index in [2.05, 4.69) is 86.8 Å². The monoisotopic (exact) mass is 1170 g/mol. The molecule has 0 rings (SSSR count). The summed E-state index contributed by atoms with van der Waals surface area (Å²) in [5.74, 6) is -0.787. The molecule has 0 saturated heterocycles. The molecule has 1 N–H and O–H groups in total. The first kappa shape index (κ1) is 79.5. The number of ether oxygens (including phenoxy) is 2. The second-order valence-electron chi connectivity index (χ2n) is 24.5. The molecular weight excluding hydrogens is 1040 g/mol. The number of nitrogens with zero attached hydrogens (tertiary/aromatic N) is 1. The second-order valence-corrected chi connectivity index (χ2v) is 26.0. The van der Waals surface area contributed by atoms with Gasteiger partial charge >= 0.3 is 19.8 Å². The van der Waals surface area contributed by atoms with Crippen LogP contribution in [-0.2, 0) is 32.7 Å². The average Bonchev–Trinajstić information content (AvgIpc) is 3.46. The Morgan fingerprint density at radius 1 is 0.390 bits per heavy atom. The first-order valence-electron chi connectivity index (χ1n) is 34.7. The Bertz CT molecular complexity index is 1610. The fourth-order valence-electron chi connectivity index (χ4n) is 9.92. The minimum Gasteiger partial charge on any atom is -0.462 e. The van der Waals surface area contributed by atoms with Gasteiger partial charge in [0.15, 0.2) is 6.10 Å². The van der Waals surface area contributed by atoms with Gasteiger partial charge in [-0.3, -0.25) is 18.6 Å². The summed E-state index contributed by atoms with van der Waals surface area (Å²) in [5.41, 5.74) is 0. The van der Waals surface area contributed by atoms with E-state index < -0.39 is 26.5 Å². The van der Waals surface area contributed by atoms with Gasteiger partial charge in [0.1, 0.15) is 19.8 Å². The summed E-state index contributed by atoms with van der Waals surface area (Å²) in [4.78, 5) is 35.9. The summed E-state index contributed by atoms with van der Waals surface area (Å²) >= 11 is 0. The molecule has 0 saturated carbocycles. The smallest absolute Gasteiger partial charge is 0.462 e. The molecule has 0 aliphatic heterocycles. The molecule has 0 aromatic heterocycles. The third-order valence-corrected chi connectivity index (χ3v) is 16.2. The van der Waals surface area contributed by atoms with E-state index >= 15 is 0 Å². The fraction of sp³-hybridized carbons (Fsp3) is 0.806. The van der Waals surface area contributed by atoms with Crippen LogP contribution in [0.3, 0.4) is 0 Å². The number of unbranched alkanes of at least 4 members (excludes halogenated alkanes) is 38. The van der Waals surface area contributed by atoms with Crippen molar-refractivity contribution in [2.75, 3.05) is 47.5 Å². The lowest BCUT2D eigenvalue weighted by molar-refractivity contribution is -0.870. The molecule has 2 atom stereocenters. The summed E-state index contributed by atoms with van der Waals surface area (Å²) in [6, 6.07) is 0. The summed E-state index contributed by atoms with van der Waals surface area (Å²) in [6.07, 6.45) is 84.3. The Labute approximate surface area is 508 Å². The van der Waals surface area contributed by atoms with Crippen molar-refractivity contribution in [2.45, 2.75) is 328 Å². The van der Waals surface area contributed by atoms with E-state index in [1.54, 1.807) is 0 Å². The molecule has 0 bridgehead atoms. The highest BCUT2D eigenvalue weighted by Gasteiger charge is 2.27. The van der Waals surface area contributed by atoms with Crippen LogP contribution in [0.25, 0.3) is 0 Å². The van der Waals surface area contributed by atoms with Crippen LogP contribution in [0.15, 0.2) is 72.9 Å². The van der Waals surface area contributed by atoms with Gasteiger partial charge in [-0.25, -0.2) is 4.57 Å². The molecule has 0 aliphatic carbocycles. The van der Waals surface area contributed by atoms with Crippen molar-refractivity contribution in [2.24, 2.45) is 0 Å². The maximum Gasteiger partial charge on any atom is 0.472 e. The number of hydrogen-bond donors (Lipinski definition) is 1. The molecule has 0 fully saturated rings. The van der Waals surface area contributed by atoms with Gasteiger partial charge in [0.25, 0.3) is 0 Å². The highest BCUT2D eigenvalue weighted by Crippen LogP contribution is 2.43. The number of phosphoric acid groups is 1. The molecule has 2 unspecified atom stereocenters. The van der Waals surface area contributed by atoms with E-state index in [0.29, 0.717) is 23.9 Å². The SMILES string of the molecule is CC/C=C\C/C=C\C/C=C\C/C=C\CCCCCCCCCCCCCCC(=O)OC(COC(=O)CCCCCCCCCCCCCCCCCCCCCCC/C=C\C/C=C\CCCCCCC)COP(=O)(O)OCC[N+](C)(C)C. The number of carbonyl (C=O) groups is 2. The van der Waals surface area contributed by atoms with Crippen molar-refractivity contribution in [3.05, 3.63) is 72.9 Å². The Balaban J connectivity index is 4.01. The molecule has 0 heterocycles. The Morgan fingerprint density at radius 3 is 1.04 bits per heavy atom. The molecule has 0 spiro atoms. The van der Waals surface area contributed by atoms with Crippen molar-refractivity contribution in [1.82, 2.24) is 0 Å². The number of rotatable bonds is 64. The van der Waals surface area contributed by atoms with Crippen LogP contribution in [0, 0.1) is 0 Å². The van der Waals surface area contributed by atoms with Gasteiger partial charge in [-0.1, -0.05) is 299 Å². The van der Waals surface area contributed by atoms with Gasteiger partial charge in [0.2, 0.25) is 0 Å². The first-order valence-corrected chi connectivity index (χ1v) is 36.2. The minimum atomic E-state index is -4.39. The van der Waals surface area contributed by atoms with Gasteiger partial charge < -0.3 is 18.9 Å². The summed E-state index contributed by atoms with van der Waals surface area (Å²) < 4.78 is 34.7. The lowest BCUT2D eigenvalue weighted by Gasteiger charge is -2.24. The van der Waals surface area contributed by atoms with Crippen molar-refractivity contribution < 1.29 is 42.1 Å². The summed E-state index contributed by atoms with van der Waals surface area (Å²) in [6.45, 7) is 4.35. The lowest BCUT2D eigenvalue weighted by atomic mass is 10.0. The quantitative estimate of drug-likeness (QED) is 0.0211. The van der Waals surface area contributed by atoms with E-state index in [0.717, 1.165) is 70.6 Å². The van der Waals surface area contributed by atoms with Crippen molar-refractivity contribution >= 4 is 19.8 Å². The fourth-order valence-corrected chi connectivity index (χ4v) is 10.7. The first-order chi connectivity index (χ1) is 40.0. The number of likely N-dealkylation sites (N-methyl/N-ethyl adjacent to an activating group) is 1. The number of phosphoric ester groups is 1. The van der Waals surface area contributed by atoms with Crippen LogP contribution >= 0.6 is 7.82 Å². The summed E-state index contributed by atoms with van der Waals surface area (Å²) in [5, 5.41) is 0. The van der Waals surface area contributed by atoms with Gasteiger partial charge in [0.05, 0.1) is 27.7 Å². The zero-order chi connectivity index (χ0) is 59.8. The molecule has 0 radical (unpaired) electrons.